The standard InChI is InChI=1S/C19H27N5OS/c1-4-16-18(26-13-21-16)19(25)24-10-5-6-14(9-11-24)22-15-7-8-17(20-12-15)23(2)3/h7-8,12-14,22H,4-6,9-11H2,1-3H3/t14-/m1/s1. The van der Waals surface area contributed by atoms with Gasteiger partial charge in [-0.15, -0.1) is 11.3 Å². The van der Waals surface area contributed by atoms with Gasteiger partial charge in [-0.2, -0.15) is 0 Å². The van der Waals surface area contributed by atoms with Crippen LogP contribution in [0.3, 0.4) is 0 Å². The van der Waals surface area contributed by atoms with Gasteiger partial charge in [0.2, 0.25) is 0 Å². The largest absolute Gasteiger partial charge is 0.381 e. The summed E-state index contributed by atoms with van der Waals surface area (Å²) < 4.78 is 0. The molecule has 0 unspecified atom stereocenters. The molecule has 3 rings (SSSR count). The summed E-state index contributed by atoms with van der Waals surface area (Å²) in [5, 5.41) is 3.58. The van der Waals surface area contributed by atoms with E-state index in [4.69, 9.17) is 0 Å². The van der Waals surface area contributed by atoms with Gasteiger partial charge in [0.05, 0.1) is 23.1 Å². The molecule has 1 amide bonds. The summed E-state index contributed by atoms with van der Waals surface area (Å²) in [6, 6.07) is 4.46. The third-order valence-corrected chi connectivity index (χ3v) is 5.62. The molecule has 1 saturated heterocycles. The molecule has 6 nitrogen and oxygen atoms in total. The number of hydrogen-bond donors (Lipinski definition) is 1. The first-order valence-electron chi connectivity index (χ1n) is 9.20. The number of carbonyl (C=O) groups excluding carboxylic acids is 1. The minimum absolute atomic E-state index is 0.141. The third-order valence-electron chi connectivity index (χ3n) is 4.76. The van der Waals surface area contributed by atoms with Crippen LogP contribution in [0, 0.1) is 0 Å². The fourth-order valence-electron chi connectivity index (χ4n) is 3.25. The topological polar surface area (TPSA) is 61.4 Å². The summed E-state index contributed by atoms with van der Waals surface area (Å²) in [7, 11) is 3.97. The van der Waals surface area contributed by atoms with Crippen molar-refractivity contribution in [1.29, 1.82) is 0 Å². The Labute approximate surface area is 159 Å². The Bertz CT molecular complexity index is 728. The Morgan fingerprint density at radius 3 is 2.85 bits per heavy atom. The molecule has 7 heteroatoms. The molecule has 1 N–H and O–H groups in total. The number of carbonyl (C=O) groups is 1. The van der Waals surface area contributed by atoms with Crippen molar-refractivity contribution in [1.82, 2.24) is 14.9 Å². The Balaban J connectivity index is 1.58. The molecule has 26 heavy (non-hydrogen) atoms. The first-order chi connectivity index (χ1) is 12.6. The highest BCUT2D eigenvalue weighted by Crippen LogP contribution is 2.22. The molecule has 1 atom stereocenters. The summed E-state index contributed by atoms with van der Waals surface area (Å²) in [6.07, 6.45) is 5.70. The minimum atomic E-state index is 0.141. The predicted octanol–water partition coefficient (Wildman–Crippen LogP) is 3.27. The number of thiazole rings is 1. The van der Waals surface area contributed by atoms with Gasteiger partial charge in [0.1, 0.15) is 10.7 Å². The average Bonchev–Trinajstić information content (AvgIpc) is 3.01. The van der Waals surface area contributed by atoms with E-state index >= 15 is 0 Å². The normalized spacial score (nSPS) is 17.7. The maximum absolute atomic E-state index is 12.8. The van der Waals surface area contributed by atoms with Gasteiger partial charge in [0.25, 0.3) is 5.91 Å². The lowest BCUT2D eigenvalue weighted by molar-refractivity contribution is 0.0765. The molecule has 1 fully saturated rings. The molecule has 0 spiro atoms. The summed E-state index contributed by atoms with van der Waals surface area (Å²) in [5.74, 6) is 1.09. The number of hydrogen-bond acceptors (Lipinski definition) is 6. The second-order valence-corrected chi connectivity index (χ2v) is 7.70. The minimum Gasteiger partial charge on any atom is -0.381 e. The number of anilines is 2. The molecule has 3 heterocycles. The molecule has 140 valence electrons. The summed E-state index contributed by atoms with van der Waals surface area (Å²) in [5.41, 5.74) is 3.74. The molecule has 0 bridgehead atoms. The fourth-order valence-corrected chi connectivity index (χ4v) is 4.10. The highest BCUT2D eigenvalue weighted by Gasteiger charge is 2.24. The van der Waals surface area contributed by atoms with Crippen LogP contribution in [0.4, 0.5) is 11.5 Å². The van der Waals surface area contributed by atoms with Crippen LogP contribution in [0.15, 0.2) is 23.8 Å². The summed E-state index contributed by atoms with van der Waals surface area (Å²) in [6.45, 7) is 3.64. The van der Waals surface area contributed by atoms with Gasteiger partial charge in [-0.3, -0.25) is 4.79 Å². The van der Waals surface area contributed by atoms with E-state index in [1.807, 2.05) is 43.1 Å². The van der Waals surface area contributed by atoms with Gasteiger partial charge in [0.15, 0.2) is 0 Å². The number of rotatable bonds is 5. The first-order valence-corrected chi connectivity index (χ1v) is 10.1. The van der Waals surface area contributed by atoms with E-state index in [0.29, 0.717) is 6.04 Å². The Morgan fingerprint density at radius 1 is 1.31 bits per heavy atom. The van der Waals surface area contributed by atoms with Crippen LogP contribution in [-0.4, -0.2) is 54.0 Å². The smallest absolute Gasteiger partial charge is 0.265 e. The van der Waals surface area contributed by atoms with Crippen molar-refractivity contribution in [2.45, 2.75) is 38.6 Å². The van der Waals surface area contributed by atoms with Crippen molar-refractivity contribution in [3.63, 3.8) is 0 Å². The van der Waals surface area contributed by atoms with Crippen molar-refractivity contribution in [2.24, 2.45) is 0 Å². The SMILES string of the molecule is CCc1ncsc1C(=O)N1CCC[C@@H](Nc2ccc(N(C)C)nc2)CC1. The average molecular weight is 374 g/mol. The van der Waals surface area contributed by atoms with Crippen LogP contribution in [0.5, 0.6) is 0 Å². The van der Waals surface area contributed by atoms with Crippen molar-refractivity contribution < 1.29 is 4.79 Å². The number of pyridine rings is 1. The van der Waals surface area contributed by atoms with Crippen LogP contribution >= 0.6 is 11.3 Å². The summed E-state index contributed by atoms with van der Waals surface area (Å²) in [4.78, 5) is 26.4. The lowest BCUT2D eigenvalue weighted by Crippen LogP contribution is -2.32. The van der Waals surface area contributed by atoms with E-state index < -0.39 is 0 Å². The molecule has 0 aromatic carbocycles. The van der Waals surface area contributed by atoms with E-state index in [1.165, 1.54) is 11.3 Å². The van der Waals surface area contributed by atoms with Crippen molar-refractivity contribution >= 4 is 28.7 Å². The number of amides is 1. The second-order valence-electron chi connectivity index (χ2n) is 6.85. The maximum atomic E-state index is 12.8. The van der Waals surface area contributed by atoms with Crippen molar-refractivity contribution in [3.05, 3.63) is 34.4 Å². The molecule has 1 aliphatic rings. The van der Waals surface area contributed by atoms with E-state index in [2.05, 4.69) is 21.4 Å². The number of aromatic nitrogens is 2. The monoisotopic (exact) mass is 373 g/mol. The van der Waals surface area contributed by atoms with Crippen molar-refractivity contribution in [3.8, 4) is 0 Å². The first kappa shape index (κ1) is 18.6. The quantitative estimate of drug-likeness (QED) is 0.871. The lowest BCUT2D eigenvalue weighted by Gasteiger charge is -2.21. The Morgan fingerprint density at radius 2 is 2.15 bits per heavy atom. The highest BCUT2D eigenvalue weighted by atomic mass is 32.1. The van der Waals surface area contributed by atoms with E-state index in [-0.39, 0.29) is 5.91 Å². The second kappa shape index (κ2) is 8.49. The van der Waals surface area contributed by atoms with Crippen LogP contribution in [0.25, 0.3) is 0 Å². The molecule has 2 aromatic heterocycles. The highest BCUT2D eigenvalue weighted by molar-refractivity contribution is 7.11. The van der Waals surface area contributed by atoms with Crippen LogP contribution in [0.1, 0.15) is 41.6 Å². The molecular formula is C19H27N5OS. The molecule has 0 saturated carbocycles. The van der Waals surface area contributed by atoms with E-state index in [9.17, 15) is 4.79 Å². The number of aryl methyl sites for hydroxylation is 1. The Kier molecular flexibility index (Phi) is 6.08. The number of likely N-dealkylation sites (tertiary alicyclic amines) is 1. The van der Waals surface area contributed by atoms with Gasteiger partial charge < -0.3 is 15.1 Å². The number of nitrogens with zero attached hydrogens (tertiary/aromatic N) is 4. The molecule has 1 aliphatic heterocycles. The van der Waals surface area contributed by atoms with Crippen LogP contribution < -0.4 is 10.2 Å². The maximum Gasteiger partial charge on any atom is 0.265 e. The third kappa shape index (κ3) is 4.33. The van der Waals surface area contributed by atoms with E-state index in [1.54, 1.807) is 5.51 Å². The van der Waals surface area contributed by atoms with Crippen LogP contribution in [0.2, 0.25) is 0 Å². The van der Waals surface area contributed by atoms with Crippen LogP contribution in [-0.2, 0) is 6.42 Å². The molecule has 0 radical (unpaired) electrons. The molecule has 0 aliphatic carbocycles. The van der Waals surface area contributed by atoms with Crippen molar-refractivity contribution in [2.75, 3.05) is 37.4 Å². The zero-order valence-corrected chi connectivity index (χ0v) is 16.6. The Hall–Kier alpha value is -2.15. The van der Waals surface area contributed by atoms with E-state index in [0.717, 1.165) is 60.8 Å². The predicted molar refractivity (Wildman–Crippen MR) is 107 cm³/mol. The van der Waals surface area contributed by atoms with Gasteiger partial charge in [0, 0.05) is 33.2 Å². The number of nitrogens with one attached hydrogen (secondary N) is 1. The van der Waals surface area contributed by atoms with Gasteiger partial charge in [-0.1, -0.05) is 6.92 Å². The molecule has 2 aromatic rings. The zero-order chi connectivity index (χ0) is 18.5. The van der Waals surface area contributed by atoms with Gasteiger partial charge in [-0.25, -0.2) is 9.97 Å². The fraction of sp³-hybridized carbons (Fsp3) is 0.526. The van der Waals surface area contributed by atoms with Gasteiger partial charge in [-0.05, 0) is 37.8 Å². The summed E-state index contributed by atoms with van der Waals surface area (Å²) >= 11 is 1.46. The lowest BCUT2D eigenvalue weighted by atomic mass is 10.1. The molecular weight excluding hydrogens is 346 g/mol. The zero-order valence-electron chi connectivity index (χ0n) is 15.7. The van der Waals surface area contributed by atoms with Gasteiger partial charge >= 0.3 is 0 Å².